The molecule has 1 atom stereocenters. The summed E-state index contributed by atoms with van der Waals surface area (Å²) in [5.74, 6) is 0.454. The van der Waals surface area contributed by atoms with Crippen LogP contribution in [0.2, 0.25) is 0 Å². The molecular formula is C24H23N3O2. The van der Waals surface area contributed by atoms with E-state index in [4.69, 9.17) is 4.74 Å². The molecule has 0 radical (unpaired) electrons. The number of fused-ring (bicyclic) bond motifs is 1. The maximum absolute atomic E-state index is 12.6. The van der Waals surface area contributed by atoms with Crippen molar-refractivity contribution in [3.05, 3.63) is 102 Å². The van der Waals surface area contributed by atoms with E-state index in [1.54, 1.807) is 0 Å². The van der Waals surface area contributed by atoms with Crippen LogP contribution in [0.4, 0.5) is 5.82 Å². The summed E-state index contributed by atoms with van der Waals surface area (Å²) >= 11 is 0. The van der Waals surface area contributed by atoms with Crippen molar-refractivity contribution in [2.24, 2.45) is 0 Å². The Morgan fingerprint density at radius 2 is 1.90 bits per heavy atom. The summed E-state index contributed by atoms with van der Waals surface area (Å²) in [5.41, 5.74) is 4.50. The Hall–Kier alpha value is -3.60. The number of carbonyl (C=O) groups is 1. The van der Waals surface area contributed by atoms with Gasteiger partial charge in [-0.1, -0.05) is 42.5 Å². The van der Waals surface area contributed by atoms with Gasteiger partial charge in [0.15, 0.2) is 0 Å². The predicted octanol–water partition coefficient (Wildman–Crippen LogP) is 5.02. The Morgan fingerprint density at radius 1 is 1.10 bits per heavy atom. The molecule has 0 amide bonds. The third kappa shape index (κ3) is 3.85. The lowest BCUT2D eigenvalue weighted by Crippen LogP contribution is -2.15. The van der Waals surface area contributed by atoms with Gasteiger partial charge in [0, 0.05) is 12.4 Å². The van der Waals surface area contributed by atoms with Crippen LogP contribution in [0, 0.1) is 6.92 Å². The molecule has 0 aliphatic carbocycles. The Bertz CT molecular complexity index is 1120. The Labute approximate surface area is 170 Å². The smallest absolute Gasteiger partial charge is 0.340 e. The zero-order valence-corrected chi connectivity index (χ0v) is 16.5. The highest BCUT2D eigenvalue weighted by molar-refractivity contribution is 5.97. The summed E-state index contributed by atoms with van der Waals surface area (Å²) in [6, 6.07) is 21.7. The van der Waals surface area contributed by atoms with Crippen LogP contribution in [0.15, 0.2) is 79.1 Å². The van der Waals surface area contributed by atoms with Gasteiger partial charge in [0.25, 0.3) is 0 Å². The van der Waals surface area contributed by atoms with E-state index in [9.17, 15) is 4.79 Å². The topological polar surface area (TPSA) is 55.6 Å². The highest BCUT2D eigenvalue weighted by atomic mass is 16.5. The van der Waals surface area contributed by atoms with Gasteiger partial charge in [-0.3, -0.25) is 0 Å². The Morgan fingerprint density at radius 3 is 2.62 bits per heavy atom. The summed E-state index contributed by atoms with van der Waals surface area (Å²) in [6.07, 6.45) is 3.80. The van der Waals surface area contributed by atoms with Crippen LogP contribution in [0.5, 0.6) is 0 Å². The van der Waals surface area contributed by atoms with Gasteiger partial charge in [-0.2, -0.15) is 0 Å². The second-order valence-corrected chi connectivity index (χ2v) is 6.87. The lowest BCUT2D eigenvalue weighted by molar-refractivity contribution is 0.0529. The molecule has 0 aliphatic heterocycles. The number of pyridine rings is 2. The fourth-order valence-corrected chi connectivity index (χ4v) is 3.45. The zero-order valence-electron chi connectivity index (χ0n) is 16.5. The number of nitrogens with zero attached hydrogens (tertiary/aromatic N) is 2. The lowest BCUT2D eigenvalue weighted by Gasteiger charge is -2.20. The molecule has 4 aromatic rings. The molecule has 0 saturated heterocycles. The first-order valence-corrected chi connectivity index (χ1v) is 9.68. The largest absolute Gasteiger partial charge is 0.462 e. The molecule has 4 rings (SSSR count). The van der Waals surface area contributed by atoms with Gasteiger partial charge in [-0.25, -0.2) is 9.78 Å². The highest BCUT2D eigenvalue weighted by Gasteiger charge is 2.23. The van der Waals surface area contributed by atoms with Crippen LogP contribution in [-0.2, 0) is 4.74 Å². The number of hydrogen-bond donors (Lipinski definition) is 1. The van der Waals surface area contributed by atoms with Crippen LogP contribution in [0.25, 0.3) is 5.52 Å². The average Bonchev–Trinajstić information content (AvgIpc) is 3.14. The highest BCUT2D eigenvalue weighted by Crippen LogP contribution is 2.30. The van der Waals surface area contributed by atoms with Crippen LogP contribution in [0.3, 0.4) is 0 Å². The maximum Gasteiger partial charge on any atom is 0.340 e. The fraction of sp³-hybridized carbons (Fsp3) is 0.167. The maximum atomic E-state index is 12.6. The van der Waals surface area contributed by atoms with Crippen molar-refractivity contribution >= 4 is 17.3 Å². The molecule has 0 fully saturated rings. The number of ether oxygens (including phenoxy) is 1. The van der Waals surface area contributed by atoms with Crippen LogP contribution in [0.1, 0.15) is 40.1 Å². The van der Waals surface area contributed by atoms with Crippen molar-refractivity contribution in [2.75, 3.05) is 11.9 Å². The SMILES string of the molecule is CCOC(=O)c1cc([C@@H](Nc2ccc(C)cn2)c2ccccc2)n2ccccc12. The Balaban J connectivity index is 1.85. The number of esters is 1. The van der Waals surface area contributed by atoms with Gasteiger partial charge < -0.3 is 14.5 Å². The Kier molecular flexibility index (Phi) is 5.29. The molecule has 5 nitrogen and oxygen atoms in total. The number of aryl methyl sites for hydroxylation is 1. The first-order chi connectivity index (χ1) is 14.2. The molecule has 5 heteroatoms. The molecule has 29 heavy (non-hydrogen) atoms. The van der Waals surface area contributed by atoms with Crippen molar-refractivity contribution in [3.63, 3.8) is 0 Å². The van der Waals surface area contributed by atoms with Gasteiger partial charge in [-0.05, 0) is 49.2 Å². The number of benzene rings is 1. The normalized spacial score (nSPS) is 11.9. The van der Waals surface area contributed by atoms with Crippen molar-refractivity contribution < 1.29 is 9.53 Å². The summed E-state index contributed by atoms with van der Waals surface area (Å²) < 4.78 is 7.31. The van der Waals surface area contributed by atoms with Crippen molar-refractivity contribution in [1.29, 1.82) is 0 Å². The predicted molar refractivity (Wildman–Crippen MR) is 114 cm³/mol. The third-order valence-electron chi connectivity index (χ3n) is 4.83. The number of rotatable bonds is 6. The van der Waals surface area contributed by atoms with E-state index in [2.05, 4.69) is 22.4 Å². The molecule has 3 aromatic heterocycles. The second-order valence-electron chi connectivity index (χ2n) is 6.87. The van der Waals surface area contributed by atoms with Gasteiger partial charge in [0.2, 0.25) is 0 Å². The molecule has 1 aromatic carbocycles. The molecule has 0 unspecified atom stereocenters. The molecule has 0 bridgehead atoms. The lowest BCUT2D eigenvalue weighted by atomic mass is 10.0. The molecule has 3 heterocycles. The second kappa shape index (κ2) is 8.19. The number of hydrogen-bond acceptors (Lipinski definition) is 4. The first-order valence-electron chi connectivity index (χ1n) is 9.68. The first kappa shape index (κ1) is 18.7. The van der Waals surface area contributed by atoms with Crippen molar-refractivity contribution in [2.45, 2.75) is 19.9 Å². The van der Waals surface area contributed by atoms with E-state index in [1.807, 2.05) is 85.2 Å². The van der Waals surface area contributed by atoms with E-state index in [-0.39, 0.29) is 12.0 Å². The van der Waals surface area contributed by atoms with E-state index in [0.29, 0.717) is 12.2 Å². The third-order valence-corrected chi connectivity index (χ3v) is 4.83. The minimum absolute atomic E-state index is 0.190. The monoisotopic (exact) mass is 385 g/mol. The van der Waals surface area contributed by atoms with E-state index in [1.165, 1.54) is 0 Å². The minimum atomic E-state index is -0.317. The molecule has 0 saturated carbocycles. The molecule has 146 valence electrons. The standard InChI is InChI=1S/C24H23N3O2/c1-3-29-24(28)19-15-21(27-14-8-7-11-20(19)27)23(18-9-5-4-6-10-18)26-22-13-12-17(2)16-25-22/h4-16,23H,3H2,1-2H3,(H,25,26)/t23-/m0/s1. The summed E-state index contributed by atoms with van der Waals surface area (Å²) in [6.45, 7) is 4.16. The summed E-state index contributed by atoms with van der Waals surface area (Å²) in [7, 11) is 0. The fourth-order valence-electron chi connectivity index (χ4n) is 3.45. The molecular weight excluding hydrogens is 362 g/mol. The van der Waals surface area contributed by atoms with Crippen LogP contribution in [-0.4, -0.2) is 22.0 Å². The summed E-state index contributed by atoms with van der Waals surface area (Å²) in [5, 5.41) is 3.53. The number of anilines is 1. The van der Waals surface area contributed by atoms with E-state index in [0.717, 1.165) is 28.2 Å². The number of nitrogens with one attached hydrogen (secondary N) is 1. The van der Waals surface area contributed by atoms with E-state index >= 15 is 0 Å². The van der Waals surface area contributed by atoms with Gasteiger partial charge >= 0.3 is 5.97 Å². The van der Waals surface area contributed by atoms with Crippen molar-refractivity contribution in [1.82, 2.24) is 9.38 Å². The van der Waals surface area contributed by atoms with Gasteiger partial charge in [-0.15, -0.1) is 0 Å². The van der Waals surface area contributed by atoms with E-state index < -0.39 is 0 Å². The quantitative estimate of drug-likeness (QED) is 0.474. The molecule has 1 N–H and O–H groups in total. The van der Waals surface area contributed by atoms with Gasteiger partial charge in [0.1, 0.15) is 5.82 Å². The zero-order chi connectivity index (χ0) is 20.2. The van der Waals surface area contributed by atoms with Crippen molar-refractivity contribution in [3.8, 4) is 0 Å². The van der Waals surface area contributed by atoms with Gasteiger partial charge in [0.05, 0.1) is 29.4 Å². The molecule has 0 spiro atoms. The number of aromatic nitrogens is 2. The minimum Gasteiger partial charge on any atom is -0.462 e. The average molecular weight is 385 g/mol. The molecule has 0 aliphatic rings. The van der Waals surface area contributed by atoms with Crippen LogP contribution >= 0.6 is 0 Å². The summed E-state index contributed by atoms with van der Waals surface area (Å²) in [4.78, 5) is 17.1. The van der Waals surface area contributed by atoms with Crippen LogP contribution < -0.4 is 5.32 Å². The number of carbonyl (C=O) groups excluding carboxylic acids is 1.